The Morgan fingerprint density at radius 2 is 1.88 bits per heavy atom. The van der Waals surface area contributed by atoms with Gasteiger partial charge in [0.05, 0.1) is 0 Å². The van der Waals surface area contributed by atoms with E-state index in [1.54, 1.807) is 0 Å². The second-order valence-corrected chi connectivity index (χ2v) is 4.14. The standard InChI is InChI=1S/C14H15NO2/c1-10-2-4-11(5-3-10)13-8-6-12(15-13)7-9-14(16)17/h2-6,8,15H,7,9H2,1H3,(H,16,17)/p-1. The minimum atomic E-state index is -1.02. The molecule has 0 bridgehead atoms. The Kier molecular flexibility index (Phi) is 3.28. The first kappa shape index (κ1) is 11.5. The fraction of sp³-hybridized carbons (Fsp3) is 0.214. The predicted octanol–water partition coefficient (Wildman–Crippen LogP) is 1.67. The zero-order chi connectivity index (χ0) is 12.3. The van der Waals surface area contributed by atoms with Gasteiger partial charge < -0.3 is 14.9 Å². The van der Waals surface area contributed by atoms with Crippen LogP contribution < -0.4 is 5.11 Å². The lowest BCUT2D eigenvalue weighted by Crippen LogP contribution is -2.22. The van der Waals surface area contributed by atoms with Crippen LogP contribution in [-0.4, -0.2) is 11.0 Å². The lowest BCUT2D eigenvalue weighted by Gasteiger charge is -2.01. The van der Waals surface area contributed by atoms with Gasteiger partial charge in [-0.25, -0.2) is 0 Å². The molecule has 0 atom stereocenters. The third kappa shape index (κ3) is 2.97. The molecular weight excluding hydrogens is 214 g/mol. The first-order valence-electron chi connectivity index (χ1n) is 5.60. The maximum atomic E-state index is 10.4. The molecule has 1 aromatic carbocycles. The highest BCUT2D eigenvalue weighted by molar-refractivity contribution is 5.65. The molecule has 17 heavy (non-hydrogen) atoms. The van der Waals surface area contributed by atoms with E-state index in [0.29, 0.717) is 6.42 Å². The van der Waals surface area contributed by atoms with Crippen LogP contribution in [0.1, 0.15) is 17.7 Å². The Balaban J connectivity index is 2.12. The van der Waals surface area contributed by atoms with Gasteiger partial charge in [-0.3, -0.25) is 0 Å². The van der Waals surface area contributed by atoms with Gasteiger partial charge in [-0.1, -0.05) is 29.8 Å². The number of hydrogen-bond acceptors (Lipinski definition) is 2. The van der Waals surface area contributed by atoms with Crippen LogP contribution in [-0.2, 0) is 11.2 Å². The molecule has 0 unspecified atom stereocenters. The summed E-state index contributed by atoms with van der Waals surface area (Å²) in [7, 11) is 0. The quantitative estimate of drug-likeness (QED) is 0.865. The minimum absolute atomic E-state index is 0.0495. The average molecular weight is 228 g/mol. The van der Waals surface area contributed by atoms with E-state index in [2.05, 4.69) is 17.1 Å². The summed E-state index contributed by atoms with van der Waals surface area (Å²) in [5.74, 6) is -1.02. The summed E-state index contributed by atoms with van der Waals surface area (Å²) in [5.41, 5.74) is 4.26. The summed E-state index contributed by atoms with van der Waals surface area (Å²) in [6.07, 6.45) is 0.530. The molecule has 0 aliphatic heterocycles. The van der Waals surface area contributed by atoms with Gasteiger partial charge in [0.2, 0.25) is 0 Å². The molecule has 0 spiro atoms. The van der Waals surface area contributed by atoms with Gasteiger partial charge in [0.25, 0.3) is 0 Å². The Hall–Kier alpha value is -2.03. The van der Waals surface area contributed by atoms with E-state index in [-0.39, 0.29) is 6.42 Å². The van der Waals surface area contributed by atoms with Crippen molar-refractivity contribution in [2.75, 3.05) is 0 Å². The van der Waals surface area contributed by atoms with Gasteiger partial charge in [-0.2, -0.15) is 0 Å². The molecule has 3 nitrogen and oxygen atoms in total. The number of H-pyrrole nitrogens is 1. The highest BCUT2D eigenvalue weighted by atomic mass is 16.4. The van der Waals surface area contributed by atoms with Gasteiger partial charge in [0.15, 0.2) is 0 Å². The maximum Gasteiger partial charge on any atom is 0.0456 e. The minimum Gasteiger partial charge on any atom is -0.550 e. The van der Waals surface area contributed by atoms with Crippen LogP contribution in [0.5, 0.6) is 0 Å². The molecule has 0 saturated heterocycles. The number of carboxylic acids is 1. The van der Waals surface area contributed by atoms with E-state index >= 15 is 0 Å². The topological polar surface area (TPSA) is 55.9 Å². The van der Waals surface area contributed by atoms with Crippen molar-refractivity contribution in [1.82, 2.24) is 4.98 Å². The van der Waals surface area contributed by atoms with E-state index in [4.69, 9.17) is 0 Å². The summed E-state index contributed by atoms with van der Waals surface area (Å²) in [4.78, 5) is 13.6. The number of rotatable bonds is 4. The first-order valence-corrected chi connectivity index (χ1v) is 5.60. The maximum absolute atomic E-state index is 10.4. The van der Waals surface area contributed by atoms with Crippen LogP contribution in [0.15, 0.2) is 36.4 Å². The van der Waals surface area contributed by atoms with Crippen LogP contribution in [0.4, 0.5) is 0 Å². The van der Waals surface area contributed by atoms with E-state index in [9.17, 15) is 9.90 Å². The number of hydrogen-bond donors (Lipinski definition) is 1. The Morgan fingerprint density at radius 3 is 2.53 bits per heavy atom. The zero-order valence-corrected chi connectivity index (χ0v) is 9.69. The fourth-order valence-electron chi connectivity index (χ4n) is 1.72. The monoisotopic (exact) mass is 228 g/mol. The Morgan fingerprint density at radius 1 is 1.18 bits per heavy atom. The van der Waals surface area contributed by atoms with Crippen LogP contribution in [0.2, 0.25) is 0 Å². The number of nitrogens with one attached hydrogen (secondary N) is 1. The number of aliphatic carboxylic acids is 1. The highest BCUT2D eigenvalue weighted by Gasteiger charge is 2.01. The van der Waals surface area contributed by atoms with E-state index in [1.165, 1.54) is 5.56 Å². The van der Waals surface area contributed by atoms with E-state index in [0.717, 1.165) is 17.0 Å². The molecule has 2 aromatic rings. The van der Waals surface area contributed by atoms with Gasteiger partial charge in [0, 0.05) is 17.4 Å². The van der Waals surface area contributed by atoms with E-state index < -0.39 is 5.97 Å². The number of aromatic amines is 1. The number of benzene rings is 1. The second-order valence-electron chi connectivity index (χ2n) is 4.14. The number of aromatic nitrogens is 1. The van der Waals surface area contributed by atoms with Crippen molar-refractivity contribution in [3.05, 3.63) is 47.7 Å². The van der Waals surface area contributed by atoms with Crippen molar-refractivity contribution in [2.45, 2.75) is 19.8 Å². The van der Waals surface area contributed by atoms with Gasteiger partial charge in [0.1, 0.15) is 0 Å². The van der Waals surface area contributed by atoms with Crippen molar-refractivity contribution in [1.29, 1.82) is 0 Å². The number of carbonyl (C=O) groups excluding carboxylic acids is 1. The van der Waals surface area contributed by atoms with Crippen molar-refractivity contribution in [3.63, 3.8) is 0 Å². The summed E-state index contributed by atoms with van der Waals surface area (Å²) < 4.78 is 0. The second kappa shape index (κ2) is 4.87. The van der Waals surface area contributed by atoms with Crippen LogP contribution in [0, 0.1) is 6.92 Å². The molecule has 2 rings (SSSR count). The molecule has 0 saturated carbocycles. The van der Waals surface area contributed by atoms with Crippen molar-refractivity contribution >= 4 is 5.97 Å². The fourth-order valence-corrected chi connectivity index (χ4v) is 1.72. The van der Waals surface area contributed by atoms with Crippen LogP contribution in [0.3, 0.4) is 0 Å². The number of carboxylic acid groups (broad SMARTS) is 1. The smallest absolute Gasteiger partial charge is 0.0456 e. The largest absolute Gasteiger partial charge is 0.550 e. The Bertz CT molecular complexity index is 511. The first-order chi connectivity index (χ1) is 8.15. The van der Waals surface area contributed by atoms with Crippen molar-refractivity contribution in [2.24, 2.45) is 0 Å². The summed E-state index contributed by atoms with van der Waals surface area (Å²) in [6.45, 7) is 2.05. The molecule has 1 heterocycles. The van der Waals surface area contributed by atoms with Gasteiger partial charge in [-0.15, -0.1) is 0 Å². The molecular formula is C14H14NO2-. The summed E-state index contributed by atoms with van der Waals surface area (Å²) in [6, 6.07) is 12.1. The van der Waals surface area contributed by atoms with Crippen LogP contribution >= 0.6 is 0 Å². The summed E-state index contributed by atoms with van der Waals surface area (Å²) in [5, 5.41) is 10.4. The molecule has 0 fully saturated rings. The molecule has 3 heteroatoms. The zero-order valence-electron chi connectivity index (χ0n) is 9.69. The lowest BCUT2D eigenvalue weighted by atomic mass is 10.1. The van der Waals surface area contributed by atoms with Crippen molar-refractivity contribution < 1.29 is 9.90 Å². The molecule has 0 amide bonds. The highest BCUT2D eigenvalue weighted by Crippen LogP contribution is 2.19. The Labute approximate surface area is 100 Å². The van der Waals surface area contributed by atoms with Crippen molar-refractivity contribution in [3.8, 4) is 11.3 Å². The number of carbonyl (C=O) groups is 1. The third-order valence-electron chi connectivity index (χ3n) is 2.71. The molecule has 1 aromatic heterocycles. The number of aryl methyl sites for hydroxylation is 2. The molecule has 0 aliphatic carbocycles. The van der Waals surface area contributed by atoms with Crippen LogP contribution in [0.25, 0.3) is 11.3 Å². The lowest BCUT2D eigenvalue weighted by molar-refractivity contribution is -0.305. The van der Waals surface area contributed by atoms with Gasteiger partial charge >= 0.3 is 0 Å². The molecule has 88 valence electrons. The van der Waals surface area contributed by atoms with E-state index in [1.807, 2.05) is 31.2 Å². The molecule has 0 radical (unpaired) electrons. The predicted molar refractivity (Wildman–Crippen MR) is 64.3 cm³/mol. The molecule has 1 N–H and O–H groups in total. The average Bonchev–Trinajstić information content (AvgIpc) is 2.76. The normalized spacial score (nSPS) is 10.4. The van der Waals surface area contributed by atoms with Gasteiger partial charge in [-0.05, 0) is 37.5 Å². The summed E-state index contributed by atoms with van der Waals surface area (Å²) >= 11 is 0. The molecule has 0 aliphatic rings. The third-order valence-corrected chi connectivity index (χ3v) is 2.71. The SMILES string of the molecule is Cc1ccc(-c2ccc(CCC(=O)[O-])[nH]2)cc1.